The van der Waals surface area contributed by atoms with E-state index in [0.717, 1.165) is 13.0 Å². The number of halogens is 1. The van der Waals surface area contributed by atoms with Crippen LogP contribution < -0.4 is 5.32 Å². The number of hydrogen-bond donors (Lipinski definition) is 1. The van der Waals surface area contributed by atoms with E-state index in [9.17, 15) is 4.39 Å². The van der Waals surface area contributed by atoms with E-state index in [1.54, 1.807) is 12.3 Å². The molecule has 0 aliphatic carbocycles. The lowest BCUT2D eigenvalue weighted by Crippen LogP contribution is -2.04. The summed E-state index contributed by atoms with van der Waals surface area (Å²) >= 11 is 0. The Kier molecular flexibility index (Phi) is 6.54. The van der Waals surface area contributed by atoms with E-state index in [4.69, 9.17) is 0 Å². The summed E-state index contributed by atoms with van der Waals surface area (Å²) in [4.78, 5) is 3.94. The molecular weight excluding hydrogens is 203 g/mol. The van der Waals surface area contributed by atoms with Gasteiger partial charge < -0.3 is 5.32 Å². The highest BCUT2D eigenvalue weighted by atomic mass is 19.1. The summed E-state index contributed by atoms with van der Waals surface area (Å²) in [7, 11) is 0. The maximum atomic E-state index is 13.1. The molecule has 90 valence electrons. The van der Waals surface area contributed by atoms with Crippen LogP contribution in [0.15, 0.2) is 18.3 Å². The number of pyridine rings is 1. The summed E-state index contributed by atoms with van der Waals surface area (Å²) in [6.45, 7) is 3.02. The number of hydrogen-bond acceptors (Lipinski definition) is 2. The van der Waals surface area contributed by atoms with Gasteiger partial charge in [-0.05, 0) is 18.6 Å². The second-order valence-electron chi connectivity index (χ2n) is 4.03. The quantitative estimate of drug-likeness (QED) is 0.675. The van der Waals surface area contributed by atoms with Crippen molar-refractivity contribution in [2.75, 3.05) is 11.9 Å². The first kappa shape index (κ1) is 12.9. The molecule has 3 heteroatoms. The van der Waals surface area contributed by atoms with Gasteiger partial charge in [-0.3, -0.25) is 0 Å². The maximum absolute atomic E-state index is 13.1. The smallest absolute Gasteiger partial charge is 0.165 e. The number of nitrogens with one attached hydrogen (secondary N) is 1. The van der Waals surface area contributed by atoms with E-state index in [0.29, 0.717) is 5.82 Å². The molecule has 0 atom stereocenters. The van der Waals surface area contributed by atoms with Crippen LogP contribution >= 0.6 is 0 Å². The molecule has 0 spiro atoms. The van der Waals surface area contributed by atoms with Crippen molar-refractivity contribution in [3.63, 3.8) is 0 Å². The molecule has 0 unspecified atom stereocenters. The molecule has 0 aromatic carbocycles. The van der Waals surface area contributed by atoms with Crippen molar-refractivity contribution in [3.05, 3.63) is 24.1 Å². The molecule has 0 bridgehead atoms. The van der Waals surface area contributed by atoms with Crippen LogP contribution in [-0.2, 0) is 0 Å². The molecule has 1 rings (SSSR count). The van der Waals surface area contributed by atoms with Gasteiger partial charge in [0.25, 0.3) is 0 Å². The van der Waals surface area contributed by atoms with E-state index in [-0.39, 0.29) is 5.82 Å². The number of nitrogens with zero attached hydrogens (tertiary/aromatic N) is 1. The first-order valence-corrected chi connectivity index (χ1v) is 6.19. The van der Waals surface area contributed by atoms with Crippen molar-refractivity contribution in [2.45, 2.75) is 45.4 Å². The van der Waals surface area contributed by atoms with Crippen molar-refractivity contribution in [2.24, 2.45) is 0 Å². The third-order valence-electron chi connectivity index (χ3n) is 2.58. The Bertz CT molecular complexity index is 289. The van der Waals surface area contributed by atoms with Crippen LogP contribution in [0.5, 0.6) is 0 Å². The molecule has 0 saturated carbocycles. The summed E-state index contributed by atoms with van der Waals surface area (Å²) in [6.07, 6.45) is 9.09. The first-order valence-electron chi connectivity index (χ1n) is 6.19. The second kappa shape index (κ2) is 8.08. The minimum absolute atomic E-state index is 0.270. The monoisotopic (exact) mass is 224 g/mol. The van der Waals surface area contributed by atoms with E-state index >= 15 is 0 Å². The van der Waals surface area contributed by atoms with E-state index in [1.807, 2.05) is 0 Å². The lowest BCUT2D eigenvalue weighted by Gasteiger charge is -2.05. The lowest BCUT2D eigenvalue weighted by molar-refractivity contribution is 0.609. The molecule has 0 saturated heterocycles. The van der Waals surface area contributed by atoms with Gasteiger partial charge in [-0.2, -0.15) is 0 Å². The number of anilines is 1. The highest BCUT2D eigenvalue weighted by Crippen LogP contribution is 2.09. The van der Waals surface area contributed by atoms with Crippen LogP contribution in [0.3, 0.4) is 0 Å². The zero-order valence-electron chi connectivity index (χ0n) is 10.0. The summed E-state index contributed by atoms with van der Waals surface area (Å²) < 4.78 is 13.1. The van der Waals surface area contributed by atoms with Crippen LogP contribution in [-0.4, -0.2) is 11.5 Å². The molecule has 0 aliphatic rings. The summed E-state index contributed by atoms with van der Waals surface area (Å²) in [5, 5.41) is 3.02. The zero-order valence-corrected chi connectivity index (χ0v) is 10.0. The molecule has 2 nitrogen and oxygen atoms in total. The van der Waals surface area contributed by atoms with E-state index in [2.05, 4.69) is 17.2 Å². The largest absolute Gasteiger partial charge is 0.368 e. The molecule has 1 N–H and O–H groups in total. The Morgan fingerprint density at radius 3 is 2.69 bits per heavy atom. The van der Waals surface area contributed by atoms with Gasteiger partial charge in [-0.15, -0.1) is 0 Å². The van der Waals surface area contributed by atoms with Gasteiger partial charge in [0.1, 0.15) is 0 Å². The van der Waals surface area contributed by atoms with Gasteiger partial charge in [0.05, 0.1) is 0 Å². The van der Waals surface area contributed by atoms with Crippen molar-refractivity contribution in [1.82, 2.24) is 4.98 Å². The number of unbranched alkanes of at least 4 members (excludes halogenated alkanes) is 5. The molecular formula is C13H21FN2. The Hall–Kier alpha value is -1.12. The standard InChI is InChI=1S/C13H21FN2/c1-2-3-4-5-6-7-10-15-13-12(14)9-8-11-16-13/h8-9,11H,2-7,10H2,1H3,(H,15,16). The normalized spacial score (nSPS) is 10.4. The molecule has 16 heavy (non-hydrogen) atoms. The Morgan fingerprint density at radius 1 is 1.19 bits per heavy atom. The summed E-state index contributed by atoms with van der Waals surface area (Å²) in [6, 6.07) is 3.03. The SMILES string of the molecule is CCCCCCCCNc1ncccc1F. The highest BCUT2D eigenvalue weighted by molar-refractivity contribution is 5.35. The first-order chi connectivity index (χ1) is 7.84. The fourth-order valence-corrected chi connectivity index (χ4v) is 1.63. The molecule has 0 amide bonds. The van der Waals surface area contributed by atoms with Crippen LogP contribution in [0.25, 0.3) is 0 Å². The zero-order chi connectivity index (χ0) is 11.6. The van der Waals surface area contributed by atoms with E-state index < -0.39 is 0 Å². The van der Waals surface area contributed by atoms with Crippen molar-refractivity contribution < 1.29 is 4.39 Å². The van der Waals surface area contributed by atoms with Crippen molar-refractivity contribution >= 4 is 5.82 Å². The van der Waals surface area contributed by atoms with Crippen molar-refractivity contribution in [3.8, 4) is 0 Å². The van der Waals surface area contributed by atoms with Gasteiger partial charge in [-0.1, -0.05) is 39.0 Å². The molecule has 0 aliphatic heterocycles. The number of rotatable bonds is 8. The highest BCUT2D eigenvalue weighted by Gasteiger charge is 1.99. The summed E-state index contributed by atoms with van der Waals surface area (Å²) in [5.41, 5.74) is 0. The number of aromatic nitrogens is 1. The van der Waals surface area contributed by atoms with Crippen molar-refractivity contribution in [1.29, 1.82) is 0 Å². The third-order valence-corrected chi connectivity index (χ3v) is 2.58. The lowest BCUT2D eigenvalue weighted by atomic mass is 10.1. The molecule has 0 radical (unpaired) electrons. The minimum Gasteiger partial charge on any atom is -0.368 e. The molecule has 1 aromatic rings. The fourth-order valence-electron chi connectivity index (χ4n) is 1.63. The van der Waals surface area contributed by atoms with Crippen LogP contribution in [0.1, 0.15) is 45.4 Å². The van der Waals surface area contributed by atoms with Gasteiger partial charge in [0.2, 0.25) is 0 Å². The van der Waals surface area contributed by atoms with Gasteiger partial charge in [0, 0.05) is 12.7 Å². The molecule has 1 heterocycles. The Morgan fingerprint density at radius 2 is 1.94 bits per heavy atom. The van der Waals surface area contributed by atoms with Gasteiger partial charge in [-0.25, -0.2) is 9.37 Å². The van der Waals surface area contributed by atoms with E-state index in [1.165, 1.54) is 38.2 Å². The Labute approximate surface area is 97.3 Å². The van der Waals surface area contributed by atoms with Crippen LogP contribution in [0.2, 0.25) is 0 Å². The van der Waals surface area contributed by atoms with Gasteiger partial charge in [0.15, 0.2) is 11.6 Å². The second-order valence-corrected chi connectivity index (χ2v) is 4.03. The topological polar surface area (TPSA) is 24.9 Å². The maximum Gasteiger partial charge on any atom is 0.165 e. The average molecular weight is 224 g/mol. The predicted molar refractivity (Wildman–Crippen MR) is 66.1 cm³/mol. The average Bonchev–Trinajstić information content (AvgIpc) is 2.30. The molecule has 1 aromatic heterocycles. The molecule has 0 fully saturated rings. The Balaban J connectivity index is 2.05. The third kappa shape index (κ3) is 5.10. The van der Waals surface area contributed by atoms with Crippen LogP contribution in [0.4, 0.5) is 10.2 Å². The predicted octanol–water partition coefficient (Wildman–Crippen LogP) is 3.99. The fraction of sp³-hybridized carbons (Fsp3) is 0.615. The van der Waals surface area contributed by atoms with Crippen LogP contribution in [0, 0.1) is 5.82 Å². The van der Waals surface area contributed by atoms with Gasteiger partial charge >= 0.3 is 0 Å². The minimum atomic E-state index is -0.270. The summed E-state index contributed by atoms with van der Waals surface area (Å²) in [5.74, 6) is 0.101.